The fourth-order valence-electron chi connectivity index (χ4n) is 0.890. The van der Waals surface area contributed by atoms with E-state index in [9.17, 15) is 4.79 Å². The van der Waals surface area contributed by atoms with E-state index in [-0.39, 0.29) is 6.61 Å². The molecule has 0 aromatic heterocycles. The minimum atomic E-state index is -2.41. The molecule has 1 atom stereocenters. The number of methoxy groups -OCH3 is 1. The maximum absolute atomic E-state index is 10.4. The molecule has 0 unspecified atom stereocenters. The standard InChI is InChI=1S/C11H14O3/c1-9(13-2)8-14-11-5-3-10(7-12)4-6-11/h3-7,9H,8H2,1-2H3/t9-/m1/s1/i2D3. The second kappa shape index (κ2) is 5.40. The van der Waals surface area contributed by atoms with Gasteiger partial charge in [-0.3, -0.25) is 4.79 Å². The van der Waals surface area contributed by atoms with Crippen LogP contribution in [0.1, 0.15) is 21.4 Å². The van der Waals surface area contributed by atoms with Gasteiger partial charge in [-0.15, -0.1) is 0 Å². The van der Waals surface area contributed by atoms with Crippen molar-refractivity contribution in [3.05, 3.63) is 29.8 Å². The predicted molar refractivity (Wildman–Crippen MR) is 53.8 cm³/mol. The Morgan fingerprint density at radius 1 is 1.50 bits per heavy atom. The Morgan fingerprint density at radius 3 is 2.79 bits per heavy atom. The molecular formula is C11H14O3. The van der Waals surface area contributed by atoms with Gasteiger partial charge in [-0.1, -0.05) is 0 Å². The fraction of sp³-hybridized carbons (Fsp3) is 0.364. The SMILES string of the molecule is [2H]C([2H])([2H])O[C@H](C)COc1ccc(C=O)cc1. The Hall–Kier alpha value is -1.35. The smallest absolute Gasteiger partial charge is 0.150 e. The quantitative estimate of drug-likeness (QED) is 0.676. The Bertz CT molecular complexity index is 359. The van der Waals surface area contributed by atoms with Crippen LogP contribution in [-0.2, 0) is 4.74 Å². The van der Waals surface area contributed by atoms with Crippen LogP contribution in [0.5, 0.6) is 5.75 Å². The van der Waals surface area contributed by atoms with Crippen molar-refractivity contribution < 1.29 is 18.4 Å². The van der Waals surface area contributed by atoms with Gasteiger partial charge in [0.1, 0.15) is 18.6 Å². The van der Waals surface area contributed by atoms with Crippen LogP contribution in [0.15, 0.2) is 24.3 Å². The summed E-state index contributed by atoms with van der Waals surface area (Å²) in [5, 5.41) is 0. The van der Waals surface area contributed by atoms with Gasteiger partial charge in [-0.05, 0) is 31.2 Å². The molecular weight excluding hydrogens is 180 g/mol. The first-order chi connectivity index (χ1) is 7.90. The van der Waals surface area contributed by atoms with Gasteiger partial charge in [0.2, 0.25) is 0 Å². The molecule has 0 aliphatic rings. The third-order valence-corrected chi connectivity index (χ3v) is 1.70. The van der Waals surface area contributed by atoms with Gasteiger partial charge in [0.05, 0.1) is 10.2 Å². The lowest BCUT2D eigenvalue weighted by Gasteiger charge is -2.11. The number of hydrogen-bond donors (Lipinski definition) is 0. The summed E-state index contributed by atoms with van der Waals surface area (Å²) in [7, 11) is -2.41. The highest BCUT2D eigenvalue weighted by Gasteiger charge is 2.00. The first-order valence-corrected chi connectivity index (χ1v) is 4.26. The Morgan fingerprint density at radius 2 is 2.21 bits per heavy atom. The molecule has 1 aromatic carbocycles. The van der Waals surface area contributed by atoms with Gasteiger partial charge in [-0.25, -0.2) is 0 Å². The third-order valence-electron chi connectivity index (χ3n) is 1.70. The maximum Gasteiger partial charge on any atom is 0.150 e. The molecule has 76 valence electrons. The molecule has 0 fully saturated rings. The number of ether oxygens (including phenoxy) is 2. The second-order valence-corrected chi connectivity index (χ2v) is 2.93. The number of hydrogen-bond acceptors (Lipinski definition) is 3. The maximum atomic E-state index is 10.4. The molecule has 0 saturated heterocycles. The monoisotopic (exact) mass is 197 g/mol. The summed E-state index contributed by atoms with van der Waals surface area (Å²) >= 11 is 0. The molecule has 3 heteroatoms. The average Bonchev–Trinajstić information content (AvgIpc) is 2.25. The highest BCUT2D eigenvalue weighted by Crippen LogP contribution is 2.11. The normalized spacial score (nSPS) is 16.2. The lowest BCUT2D eigenvalue weighted by atomic mass is 10.2. The van der Waals surface area contributed by atoms with E-state index in [4.69, 9.17) is 13.6 Å². The summed E-state index contributed by atoms with van der Waals surface area (Å²) in [5.41, 5.74) is 0.559. The van der Waals surface area contributed by atoms with Crippen LogP contribution in [0.3, 0.4) is 0 Å². The molecule has 0 amide bonds. The summed E-state index contributed by atoms with van der Waals surface area (Å²) in [6.07, 6.45) is 0.206. The van der Waals surface area contributed by atoms with Crippen molar-refractivity contribution in [2.45, 2.75) is 13.0 Å². The second-order valence-electron chi connectivity index (χ2n) is 2.93. The summed E-state index contributed by atoms with van der Waals surface area (Å²) in [4.78, 5) is 10.4. The van der Waals surface area contributed by atoms with Gasteiger partial charge in [0.15, 0.2) is 0 Å². The Labute approximate surface area is 87.9 Å². The van der Waals surface area contributed by atoms with Gasteiger partial charge in [-0.2, -0.15) is 0 Å². The van der Waals surface area contributed by atoms with Crippen LogP contribution in [0.2, 0.25) is 0 Å². The third kappa shape index (κ3) is 3.18. The van der Waals surface area contributed by atoms with Gasteiger partial charge in [0.25, 0.3) is 0 Å². The van der Waals surface area contributed by atoms with Crippen molar-refractivity contribution in [1.29, 1.82) is 0 Å². The first kappa shape index (κ1) is 7.01. The van der Waals surface area contributed by atoms with Crippen LogP contribution in [0.4, 0.5) is 0 Å². The molecule has 0 aliphatic heterocycles. The molecule has 0 saturated carbocycles. The predicted octanol–water partition coefficient (Wildman–Crippen LogP) is 1.91. The topological polar surface area (TPSA) is 35.5 Å². The number of carbonyl (C=O) groups excluding carboxylic acids is 1. The lowest BCUT2D eigenvalue weighted by Crippen LogP contribution is -2.15. The number of benzene rings is 1. The van der Waals surface area contributed by atoms with Crippen molar-refractivity contribution in [1.82, 2.24) is 0 Å². The molecule has 0 bridgehead atoms. The zero-order valence-corrected chi connectivity index (χ0v) is 7.90. The first-order valence-electron chi connectivity index (χ1n) is 5.76. The molecule has 0 heterocycles. The van der Waals surface area contributed by atoms with E-state index >= 15 is 0 Å². The zero-order valence-electron chi connectivity index (χ0n) is 10.9. The van der Waals surface area contributed by atoms with Crippen LogP contribution in [0.25, 0.3) is 0 Å². The molecule has 0 aliphatic carbocycles. The van der Waals surface area contributed by atoms with Crippen molar-refractivity contribution in [3.63, 3.8) is 0 Å². The van der Waals surface area contributed by atoms with Gasteiger partial charge < -0.3 is 9.47 Å². The van der Waals surface area contributed by atoms with Gasteiger partial charge in [0, 0.05) is 12.6 Å². The van der Waals surface area contributed by atoms with Crippen molar-refractivity contribution >= 4 is 6.29 Å². The molecule has 0 N–H and O–H groups in total. The zero-order chi connectivity index (χ0) is 12.9. The number of aldehydes is 1. The molecule has 14 heavy (non-hydrogen) atoms. The Balaban J connectivity index is 2.41. The van der Waals surface area contributed by atoms with Crippen molar-refractivity contribution in [3.8, 4) is 5.75 Å². The summed E-state index contributed by atoms with van der Waals surface area (Å²) in [6.45, 7) is 1.75. The van der Waals surface area contributed by atoms with E-state index in [1.165, 1.54) is 0 Å². The van der Waals surface area contributed by atoms with E-state index in [0.717, 1.165) is 6.29 Å². The number of rotatable bonds is 5. The van der Waals surface area contributed by atoms with E-state index < -0.39 is 13.1 Å². The lowest BCUT2D eigenvalue weighted by molar-refractivity contribution is 0.0716. The minimum absolute atomic E-state index is 0.138. The van der Waals surface area contributed by atoms with E-state index in [0.29, 0.717) is 11.3 Å². The average molecular weight is 197 g/mol. The molecule has 3 nitrogen and oxygen atoms in total. The summed E-state index contributed by atoms with van der Waals surface area (Å²) in [5.74, 6) is 0.566. The van der Waals surface area contributed by atoms with Crippen LogP contribution < -0.4 is 4.74 Å². The minimum Gasteiger partial charge on any atom is -0.491 e. The van der Waals surface area contributed by atoms with Gasteiger partial charge >= 0.3 is 0 Å². The van der Waals surface area contributed by atoms with E-state index in [1.54, 1.807) is 31.2 Å². The van der Waals surface area contributed by atoms with Crippen LogP contribution >= 0.6 is 0 Å². The van der Waals surface area contributed by atoms with E-state index in [2.05, 4.69) is 0 Å². The van der Waals surface area contributed by atoms with Crippen molar-refractivity contribution in [2.75, 3.05) is 13.6 Å². The molecule has 1 aromatic rings. The molecule has 1 rings (SSSR count). The molecule has 0 radical (unpaired) electrons. The largest absolute Gasteiger partial charge is 0.491 e. The fourth-order valence-corrected chi connectivity index (χ4v) is 0.890. The highest BCUT2D eigenvalue weighted by atomic mass is 16.5. The summed E-state index contributed by atoms with van der Waals surface area (Å²) < 4.78 is 30.8. The summed E-state index contributed by atoms with van der Waals surface area (Å²) in [6, 6.07) is 6.53. The van der Waals surface area contributed by atoms with Crippen LogP contribution in [-0.4, -0.2) is 26.0 Å². The Kier molecular flexibility index (Phi) is 2.70. The van der Waals surface area contributed by atoms with E-state index in [1.807, 2.05) is 0 Å². The number of carbonyl (C=O) groups is 1. The van der Waals surface area contributed by atoms with Crippen molar-refractivity contribution in [2.24, 2.45) is 0 Å². The highest BCUT2D eigenvalue weighted by molar-refractivity contribution is 5.74. The molecule has 0 spiro atoms. The van der Waals surface area contributed by atoms with Crippen LogP contribution in [0, 0.1) is 0 Å².